The summed E-state index contributed by atoms with van der Waals surface area (Å²) < 4.78 is 0. The van der Waals surface area contributed by atoms with Crippen molar-refractivity contribution in [3.8, 4) is 12.3 Å². The molecule has 1 aromatic rings. The second-order valence-electron chi connectivity index (χ2n) is 4.44. The van der Waals surface area contributed by atoms with Crippen LogP contribution in [0.1, 0.15) is 35.7 Å². The minimum absolute atomic E-state index is 0.133. The molecular weight excluding hydrogens is 210 g/mol. The highest BCUT2D eigenvalue weighted by Crippen LogP contribution is 2.28. The fraction of sp³-hybridized carbons (Fsp3) is 0.400. The van der Waals surface area contributed by atoms with E-state index in [1.54, 1.807) is 6.92 Å². The van der Waals surface area contributed by atoms with Crippen LogP contribution in [-0.2, 0) is 6.42 Å². The van der Waals surface area contributed by atoms with Gasteiger partial charge in [-0.3, -0.25) is 4.79 Å². The van der Waals surface area contributed by atoms with Gasteiger partial charge in [0.2, 0.25) is 0 Å². The first-order chi connectivity index (χ1) is 8.22. The molecule has 0 fully saturated rings. The zero-order chi connectivity index (χ0) is 12.3. The van der Waals surface area contributed by atoms with Crippen LogP contribution in [0.3, 0.4) is 0 Å². The SMILES string of the molecule is C#CCCN1CCCc2cc(C(C)=O)ccc21. The van der Waals surface area contributed by atoms with E-state index in [0.29, 0.717) is 0 Å². The van der Waals surface area contributed by atoms with Crippen LogP contribution in [0.15, 0.2) is 18.2 Å². The topological polar surface area (TPSA) is 20.3 Å². The number of Topliss-reactive ketones (excluding diaryl/α,β-unsaturated/α-hetero) is 1. The molecule has 1 aromatic carbocycles. The fourth-order valence-electron chi connectivity index (χ4n) is 2.33. The van der Waals surface area contributed by atoms with Gasteiger partial charge in [-0.1, -0.05) is 0 Å². The Bertz CT molecular complexity index is 470. The molecule has 1 aliphatic heterocycles. The molecule has 0 bridgehead atoms. The predicted octanol–water partition coefficient (Wildman–Crippen LogP) is 2.67. The number of anilines is 1. The van der Waals surface area contributed by atoms with E-state index in [1.807, 2.05) is 12.1 Å². The van der Waals surface area contributed by atoms with Crippen LogP contribution in [0.25, 0.3) is 0 Å². The van der Waals surface area contributed by atoms with E-state index in [9.17, 15) is 4.79 Å². The summed E-state index contributed by atoms with van der Waals surface area (Å²) in [6, 6.07) is 6.00. The molecule has 0 atom stereocenters. The molecule has 1 heterocycles. The summed E-state index contributed by atoms with van der Waals surface area (Å²) in [6.45, 7) is 3.58. The third-order valence-electron chi connectivity index (χ3n) is 3.23. The molecule has 0 radical (unpaired) electrons. The molecule has 88 valence electrons. The Balaban J connectivity index is 2.27. The van der Waals surface area contributed by atoms with Gasteiger partial charge < -0.3 is 4.90 Å². The van der Waals surface area contributed by atoms with Gasteiger partial charge in [-0.05, 0) is 43.5 Å². The quantitative estimate of drug-likeness (QED) is 0.584. The number of aryl methyl sites for hydroxylation is 1. The van der Waals surface area contributed by atoms with Crippen LogP contribution < -0.4 is 4.90 Å². The Morgan fingerprint density at radius 1 is 1.53 bits per heavy atom. The van der Waals surface area contributed by atoms with Crippen molar-refractivity contribution in [2.24, 2.45) is 0 Å². The number of ketones is 1. The van der Waals surface area contributed by atoms with Crippen molar-refractivity contribution in [3.63, 3.8) is 0 Å². The third kappa shape index (κ3) is 2.50. The second kappa shape index (κ2) is 5.05. The summed E-state index contributed by atoms with van der Waals surface area (Å²) in [4.78, 5) is 13.7. The minimum atomic E-state index is 0.133. The maximum absolute atomic E-state index is 11.3. The number of hydrogen-bond donors (Lipinski definition) is 0. The van der Waals surface area contributed by atoms with Gasteiger partial charge in [0.1, 0.15) is 0 Å². The van der Waals surface area contributed by atoms with Crippen molar-refractivity contribution in [2.45, 2.75) is 26.2 Å². The predicted molar refractivity (Wildman–Crippen MR) is 70.4 cm³/mol. The van der Waals surface area contributed by atoms with Crippen LogP contribution in [-0.4, -0.2) is 18.9 Å². The van der Waals surface area contributed by atoms with Crippen LogP contribution >= 0.6 is 0 Å². The summed E-state index contributed by atoms with van der Waals surface area (Å²) in [5.41, 5.74) is 3.33. The van der Waals surface area contributed by atoms with Crippen molar-refractivity contribution < 1.29 is 4.79 Å². The van der Waals surface area contributed by atoms with Crippen LogP contribution in [0, 0.1) is 12.3 Å². The second-order valence-corrected chi connectivity index (χ2v) is 4.44. The molecule has 0 aromatic heterocycles. The number of rotatable bonds is 3. The number of fused-ring (bicyclic) bond motifs is 1. The molecule has 0 unspecified atom stereocenters. The zero-order valence-electron chi connectivity index (χ0n) is 10.2. The molecule has 0 N–H and O–H groups in total. The zero-order valence-corrected chi connectivity index (χ0v) is 10.2. The first-order valence-electron chi connectivity index (χ1n) is 6.04. The average molecular weight is 227 g/mol. The largest absolute Gasteiger partial charge is 0.370 e. The van der Waals surface area contributed by atoms with Gasteiger partial charge in [-0.25, -0.2) is 0 Å². The Morgan fingerprint density at radius 3 is 3.06 bits per heavy atom. The summed E-state index contributed by atoms with van der Waals surface area (Å²) in [6.07, 6.45) is 8.28. The highest BCUT2D eigenvalue weighted by atomic mass is 16.1. The number of nitrogens with zero attached hydrogens (tertiary/aromatic N) is 1. The summed E-state index contributed by atoms with van der Waals surface area (Å²) in [7, 11) is 0. The van der Waals surface area contributed by atoms with Gasteiger partial charge in [0.05, 0.1) is 0 Å². The highest BCUT2D eigenvalue weighted by molar-refractivity contribution is 5.94. The van der Waals surface area contributed by atoms with Gasteiger partial charge in [-0.2, -0.15) is 0 Å². The molecule has 2 nitrogen and oxygen atoms in total. The molecule has 0 saturated heterocycles. The third-order valence-corrected chi connectivity index (χ3v) is 3.23. The van der Waals surface area contributed by atoms with E-state index in [0.717, 1.165) is 37.9 Å². The molecule has 0 aliphatic carbocycles. The molecule has 0 amide bonds. The summed E-state index contributed by atoms with van der Waals surface area (Å²) >= 11 is 0. The minimum Gasteiger partial charge on any atom is -0.370 e. The van der Waals surface area contributed by atoms with E-state index in [1.165, 1.54) is 11.3 Å². The van der Waals surface area contributed by atoms with E-state index >= 15 is 0 Å². The summed E-state index contributed by atoms with van der Waals surface area (Å²) in [5, 5.41) is 0. The maximum atomic E-state index is 11.3. The molecule has 0 saturated carbocycles. The van der Waals surface area contributed by atoms with E-state index in [2.05, 4.69) is 16.9 Å². The lowest BCUT2D eigenvalue weighted by atomic mass is 9.98. The molecular formula is C15H17NO. The molecule has 17 heavy (non-hydrogen) atoms. The van der Waals surface area contributed by atoms with E-state index < -0.39 is 0 Å². The van der Waals surface area contributed by atoms with Gasteiger partial charge >= 0.3 is 0 Å². The van der Waals surface area contributed by atoms with Crippen LogP contribution in [0.2, 0.25) is 0 Å². The molecule has 0 spiro atoms. The monoisotopic (exact) mass is 227 g/mol. The fourth-order valence-corrected chi connectivity index (χ4v) is 2.33. The Labute approximate surface area is 103 Å². The average Bonchev–Trinajstić information content (AvgIpc) is 2.35. The normalized spacial score (nSPS) is 14.0. The van der Waals surface area contributed by atoms with Crippen molar-refractivity contribution >= 4 is 11.5 Å². The first kappa shape index (κ1) is 11.7. The maximum Gasteiger partial charge on any atom is 0.159 e. The first-order valence-corrected chi connectivity index (χ1v) is 6.04. The number of carbonyl (C=O) groups excluding carboxylic acids is 1. The smallest absolute Gasteiger partial charge is 0.159 e. The van der Waals surface area contributed by atoms with E-state index in [4.69, 9.17) is 6.42 Å². The van der Waals surface area contributed by atoms with Crippen molar-refractivity contribution in [1.29, 1.82) is 0 Å². The molecule has 2 heteroatoms. The lowest BCUT2D eigenvalue weighted by Gasteiger charge is -2.31. The Hall–Kier alpha value is -1.75. The van der Waals surface area contributed by atoms with Crippen molar-refractivity contribution in [1.82, 2.24) is 0 Å². The molecule has 1 aliphatic rings. The van der Waals surface area contributed by atoms with Crippen molar-refractivity contribution in [3.05, 3.63) is 29.3 Å². The van der Waals surface area contributed by atoms with Gasteiger partial charge in [-0.15, -0.1) is 12.3 Å². The lowest BCUT2D eigenvalue weighted by molar-refractivity contribution is 0.101. The number of benzene rings is 1. The van der Waals surface area contributed by atoms with Gasteiger partial charge in [0.15, 0.2) is 5.78 Å². The molecule has 2 rings (SSSR count). The van der Waals surface area contributed by atoms with Gasteiger partial charge in [0, 0.05) is 30.8 Å². The van der Waals surface area contributed by atoms with Crippen LogP contribution in [0.5, 0.6) is 0 Å². The highest BCUT2D eigenvalue weighted by Gasteiger charge is 2.17. The van der Waals surface area contributed by atoms with Gasteiger partial charge in [0.25, 0.3) is 0 Å². The van der Waals surface area contributed by atoms with Crippen molar-refractivity contribution in [2.75, 3.05) is 18.0 Å². The Kier molecular flexibility index (Phi) is 3.49. The summed E-state index contributed by atoms with van der Waals surface area (Å²) in [5.74, 6) is 2.81. The lowest BCUT2D eigenvalue weighted by Crippen LogP contribution is -2.30. The van der Waals surface area contributed by atoms with Crippen LogP contribution in [0.4, 0.5) is 5.69 Å². The number of terminal acetylenes is 1. The van der Waals surface area contributed by atoms with E-state index in [-0.39, 0.29) is 5.78 Å². The Morgan fingerprint density at radius 2 is 2.35 bits per heavy atom. The number of hydrogen-bond acceptors (Lipinski definition) is 2. The standard InChI is InChI=1S/C15H17NO/c1-3-4-9-16-10-5-6-14-11-13(12(2)17)7-8-15(14)16/h1,7-8,11H,4-6,9-10H2,2H3. The number of carbonyl (C=O) groups is 1.